The summed E-state index contributed by atoms with van der Waals surface area (Å²) in [4.78, 5) is 0. The molecule has 17 heavy (non-hydrogen) atoms. The fourth-order valence-corrected chi connectivity index (χ4v) is 2.00. The van der Waals surface area contributed by atoms with Crippen LogP contribution >= 0.6 is 0 Å². The van der Waals surface area contributed by atoms with Crippen molar-refractivity contribution in [2.75, 3.05) is 0 Å². The maximum absolute atomic E-state index is 2.27. The number of benzene rings is 2. The van der Waals surface area contributed by atoms with Crippen LogP contribution in [0.15, 0.2) is 60.7 Å². The van der Waals surface area contributed by atoms with Crippen molar-refractivity contribution in [3.8, 4) is 11.1 Å². The quantitative estimate of drug-likeness (QED) is 0.672. The van der Waals surface area contributed by atoms with E-state index in [0.717, 1.165) is 6.42 Å². The summed E-state index contributed by atoms with van der Waals surface area (Å²) in [6.45, 7) is 4.35. The molecule has 0 saturated carbocycles. The molecule has 2 aromatic carbocycles. The monoisotopic (exact) mass is 222 g/mol. The van der Waals surface area contributed by atoms with Gasteiger partial charge in [-0.1, -0.05) is 61.5 Å². The highest BCUT2D eigenvalue weighted by molar-refractivity contribution is 5.71. The summed E-state index contributed by atoms with van der Waals surface area (Å²) in [5.74, 6) is 0. The first-order valence-electron chi connectivity index (χ1n) is 6.14. The molecule has 0 aliphatic heterocycles. The molecule has 0 unspecified atom stereocenters. The first kappa shape index (κ1) is 11.7. The summed E-state index contributed by atoms with van der Waals surface area (Å²) in [6, 6.07) is 19.2. The Bertz CT molecular complexity index is 507. The van der Waals surface area contributed by atoms with Gasteiger partial charge in [0.15, 0.2) is 0 Å². The van der Waals surface area contributed by atoms with E-state index in [1.807, 2.05) is 0 Å². The first-order chi connectivity index (χ1) is 8.31. The van der Waals surface area contributed by atoms with Gasteiger partial charge in [0, 0.05) is 0 Å². The van der Waals surface area contributed by atoms with Crippen LogP contribution in [0, 0.1) is 0 Å². The smallest absolute Gasteiger partial charge is 0.0178 e. The molecule has 0 heteroatoms. The highest BCUT2D eigenvalue weighted by Gasteiger charge is 1.99. The van der Waals surface area contributed by atoms with Gasteiger partial charge >= 0.3 is 0 Å². The highest BCUT2D eigenvalue weighted by atomic mass is 14.0. The average molecular weight is 222 g/mol. The van der Waals surface area contributed by atoms with Crippen LogP contribution in [0.4, 0.5) is 0 Å². The zero-order valence-corrected chi connectivity index (χ0v) is 10.5. The van der Waals surface area contributed by atoms with Crippen LogP contribution in [0.25, 0.3) is 16.7 Å². The molecular weight excluding hydrogens is 204 g/mol. The predicted octanol–water partition coefficient (Wildman–Crippen LogP) is 5.17. The van der Waals surface area contributed by atoms with Gasteiger partial charge in [0.1, 0.15) is 0 Å². The maximum atomic E-state index is 2.27. The molecule has 0 bridgehead atoms. The minimum atomic E-state index is 1.08. The van der Waals surface area contributed by atoms with Crippen molar-refractivity contribution >= 4 is 5.57 Å². The van der Waals surface area contributed by atoms with E-state index in [1.54, 1.807) is 0 Å². The van der Waals surface area contributed by atoms with E-state index in [2.05, 4.69) is 74.5 Å². The Labute approximate surface area is 104 Å². The Kier molecular flexibility index (Phi) is 3.77. The minimum Gasteiger partial charge on any atom is -0.0813 e. The van der Waals surface area contributed by atoms with E-state index in [4.69, 9.17) is 0 Å². The number of allylic oxidation sites excluding steroid dienone is 2. The second-order valence-electron chi connectivity index (χ2n) is 4.24. The van der Waals surface area contributed by atoms with Gasteiger partial charge in [0.05, 0.1) is 0 Å². The van der Waals surface area contributed by atoms with E-state index in [1.165, 1.54) is 22.3 Å². The van der Waals surface area contributed by atoms with Gasteiger partial charge in [-0.15, -0.1) is 0 Å². The molecule has 0 aliphatic carbocycles. The molecule has 86 valence electrons. The van der Waals surface area contributed by atoms with Crippen molar-refractivity contribution in [3.63, 3.8) is 0 Å². The Hall–Kier alpha value is -1.82. The van der Waals surface area contributed by atoms with Crippen LogP contribution in [0.2, 0.25) is 0 Å². The summed E-state index contributed by atoms with van der Waals surface area (Å²) in [5, 5.41) is 0. The SMILES string of the molecule is CC/C=C(\C)c1cccc(-c2ccccc2)c1. The molecule has 0 aromatic heterocycles. The first-order valence-corrected chi connectivity index (χ1v) is 6.14. The second kappa shape index (κ2) is 5.49. The van der Waals surface area contributed by atoms with E-state index in [0.29, 0.717) is 0 Å². The summed E-state index contributed by atoms with van der Waals surface area (Å²) in [6.07, 6.45) is 3.35. The Balaban J connectivity index is 2.39. The van der Waals surface area contributed by atoms with Crippen molar-refractivity contribution in [2.24, 2.45) is 0 Å². The maximum Gasteiger partial charge on any atom is -0.0178 e. The zero-order chi connectivity index (χ0) is 12.1. The van der Waals surface area contributed by atoms with Crippen molar-refractivity contribution in [2.45, 2.75) is 20.3 Å². The molecule has 0 atom stereocenters. The molecular formula is C17H18. The van der Waals surface area contributed by atoms with Crippen molar-refractivity contribution < 1.29 is 0 Å². The second-order valence-corrected chi connectivity index (χ2v) is 4.24. The molecule has 0 spiro atoms. The number of hydrogen-bond acceptors (Lipinski definition) is 0. The summed E-state index contributed by atoms with van der Waals surface area (Å²) in [5.41, 5.74) is 5.23. The lowest BCUT2D eigenvalue weighted by Gasteiger charge is -2.06. The fraction of sp³-hybridized carbons (Fsp3) is 0.176. The largest absolute Gasteiger partial charge is 0.0813 e. The average Bonchev–Trinajstić information content (AvgIpc) is 2.40. The van der Waals surface area contributed by atoms with Gasteiger partial charge in [-0.3, -0.25) is 0 Å². The lowest BCUT2D eigenvalue weighted by atomic mass is 9.99. The van der Waals surface area contributed by atoms with Gasteiger partial charge in [-0.05, 0) is 41.7 Å². The third-order valence-corrected chi connectivity index (χ3v) is 2.94. The zero-order valence-electron chi connectivity index (χ0n) is 10.5. The molecule has 0 nitrogen and oxygen atoms in total. The summed E-state index contributed by atoms with van der Waals surface area (Å²) >= 11 is 0. The van der Waals surface area contributed by atoms with Crippen molar-refractivity contribution in [1.29, 1.82) is 0 Å². The molecule has 0 radical (unpaired) electrons. The topological polar surface area (TPSA) is 0 Å². The molecule has 2 rings (SSSR count). The van der Waals surface area contributed by atoms with Crippen LogP contribution < -0.4 is 0 Å². The van der Waals surface area contributed by atoms with E-state index in [-0.39, 0.29) is 0 Å². The summed E-state index contributed by atoms with van der Waals surface area (Å²) < 4.78 is 0. The third kappa shape index (κ3) is 2.85. The van der Waals surface area contributed by atoms with Crippen LogP contribution in [-0.2, 0) is 0 Å². The van der Waals surface area contributed by atoms with Gasteiger partial charge in [0.2, 0.25) is 0 Å². The Morgan fingerprint density at radius 2 is 1.65 bits per heavy atom. The number of rotatable bonds is 3. The van der Waals surface area contributed by atoms with E-state index >= 15 is 0 Å². The van der Waals surface area contributed by atoms with Gasteiger partial charge in [-0.2, -0.15) is 0 Å². The van der Waals surface area contributed by atoms with Crippen LogP contribution in [-0.4, -0.2) is 0 Å². The third-order valence-electron chi connectivity index (χ3n) is 2.94. The molecule has 0 amide bonds. The lowest BCUT2D eigenvalue weighted by molar-refractivity contribution is 1.22. The van der Waals surface area contributed by atoms with Crippen molar-refractivity contribution in [3.05, 3.63) is 66.2 Å². The Morgan fingerprint density at radius 1 is 0.941 bits per heavy atom. The van der Waals surface area contributed by atoms with Gasteiger partial charge in [0.25, 0.3) is 0 Å². The predicted molar refractivity (Wildman–Crippen MR) is 75.8 cm³/mol. The van der Waals surface area contributed by atoms with Crippen LogP contribution in [0.5, 0.6) is 0 Å². The molecule has 0 saturated heterocycles. The van der Waals surface area contributed by atoms with E-state index in [9.17, 15) is 0 Å². The highest BCUT2D eigenvalue weighted by Crippen LogP contribution is 2.23. The fourth-order valence-electron chi connectivity index (χ4n) is 2.00. The van der Waals surface area contributed by atoms with Crippen molar-refractivity contribution in [1.82, 2.24) is 0 Å². The standard InChI is InChI=1S/C17H18/c1-3-8-14(2)16-11-7-12-17(13-16)15-9-5-4-6-10-15/h4-13H,3H2,1-2H3/b14-8+. The minimum absolute atomic E-state index is 1.08. The summed E-state index contributed by atoms with van der Waals surface area (Å²) in [7, 11) is 0. The van der Waals surface area contributed by atoms with Gasteiger partial charge in [-0.25, -0.2) is 0 Å². The Morgan fingerprint density at radius 3 is 2.35 bits per heavy atom. The van der Waals surface area contributed by atoms with E-state index < -0.39 is 0 Å². The van der Waals surface area contributed by atoms with Gasteiger partial charge < -0.3 is 0 Å². The normalized spacial score (nSPS) is 11.5. The number of hydrogen-bond donors (Lipinski definition) is 0. The van der Waals surface area contributed by atoms with Crippen LogP contribution in [0.3, 0.4) is 0 Å². The lowest BCUT2D eigenvalue weighted by Crippen LogP contribution is -1.82. The molecule has 0 aliphatic rings. The molecule has 2 aromatic rings. The molecule has 0 N–H and O–H groups in total. The molecule has 0 fully saturated rings. The molecule has 0 heterocycles. The van der Waals surface area contributed by atoms with Crippen LogP contribution in [0.1, 0.15) is 25.8 Å².